The number of rotatable bonds is 7. The minimum atomic E-state index is -0.120. The van der Waals surface area contributed by atoms with E-state index >= 15 is 0 Å². The average Bonchev–Trinajstić information content (AvgIpc) is 2.66. The van der Waals surface area contributed by atoms with Gasteiger partial charge in [0.25, 0.3) is 0 Å². The maximum Gasteiger partial charge on any atom is 0.127 e. The van der Waals surface area contributed by atoms with E-state index in [0.717, 1.165) is 18.5 Å². The standard InChI is InChI=1S/C23H31FN2.2ClH/c1-17(2)19-13-11-18(12-14-19)15-25-22-9-5-6-10-23(22)26-16-20-7-3-4-8-21(20)24;;/h3-4,7-8,11-14,17,22-23,25-26H,5-6,9-10,15-16H2,1-2H3;2*1H. The molecule has 0 aromatic heterocycles. The Morgan fingerprint density at radius 3 is 2.00 bits per heavy atom. The first kappa shape index (κ1) is 24.9. The van der Waals surface area contributed by atoms with Gasteiger partial charge in [-0.15, -0.1) is 24.8 Å². The Balaban J connectivity index is 0.00000196. The zero-order valence-corrected chi connectivity index (χ0v) is 18.4. The third kappa shape index (κ3) is 7.04. The van der Waals surface area contributed by atoms with Gasteiger partial charge in [-0.3, -0.25) is 0 Å². The molecule has 156 valence electrons. The molecule has 0 saturated heterocycles. The Labute approximate surface area is 181 Å². The lowest BCUT2D eigenvalue weighted by molar-refractivity contribution is 0.280. The molecule has 1 aliphatic carbocycles. The Morgan fingerprint density at radius 1 is 0.857 bits per heavy atom. The predicted molar refractivity (Wildman–Crippen MR) is 121 cm³/mol. The van der Waals surface area contributed by atoms with Crippen LogP contribution >= 0.6 is 24.8 Å². The van der Waals surface area contributed by atoms with E-state index in [1.165, 1.54) is 36.5 Å². The van der Waals surface area contributed by atoms with Crippen LogP contribution in [-0.2, 0) is 13.1 Å². The zero-order valence-electron chi connectivity index (χ0n) is 16.8. The van der Waals surface area contributed by atoms with Gasteiger partial charge in [-0.05, 0) is 36.0 Å². The molecule has 1 fully saturated rings. The van der Waals surface area contributed by atoms with E-state index in [4.69, 9.17) is 0 Å². The van der Waals surface area contributed by atoms with Gasteiger partial charge in [0.1, 0.15) is 5.82 Å². The molecule has 2 unspecified atom stereocenters. The van der Waals surface area contributed by atoms with Crippen LogP contribution in [0.15, 0.2) is 48.5 Å². The minimum absolute atomic E-state index is 0. The van der Waals surface area contributed by atoms with Crippen molar-refractivity contribution in [2.24, 2.45) is 0 Å². The van der Waals surface area contributed by atoms with E-state index in [2.05, 4.69) is 48.7 Å². The molecule has 2 aromatic rings. The highest BCUT2D eigenvalue weighted by molar-refractivity contribution is 5.85. The third-order valence-corrected chi connectivity index (χ3v) is 5.49. The fourth-order valence-corrected chi connectivity index (χ4v) is 3.77. The first-order valence-corrected chi connectivity index (χ1v) is 9.92. The molecule has 0 spiro atoms. The SMILES string of the molecule is CC(C)c1ccc(CNC2CCCCC2NCc2ccccc2F)cc1.Cl.Cl. The molecule has 0 bridgehead atoms. The van der Waals surface area contributed by atoms with Crippen LogP contribution in [0, 0.1) is 5.82 Å². The zero-order chi connectivity index (χ0) is 18.4. The van der Waals surface area contributed by atoms with Gasteiger partial charge in [-0.1, -0.05) is 69.2 Å². The van der Waals surface area contributed by atoms with E-state index in [1.54, 1.807) is 6.07 Å². The Kier molecular flexibility index (Phi) is 11.1. The van der Waals surface area contributed by atoms with Gasteiger partial charge in [-0.25, -0.2) is 4.39 Å². The maximum atomic E-state index is 13.8. The fourth-order valence-electron chi connectivity index (χ4n) is 3.77. The Morgan fingerprint density at radius 2 is 1.43 bits per heavy atom. The van der Waals surface area contributed by atoms with Crippen LogP contribution in [0.3, 0.4) is 0 Å². The molecule has 0 aliphatic heterocycles. The van der Waals surface area contributed by atoms with Gasteiger partial charge < -0.3 is 10.6 Å². The molecule has 1 aliphatic rings. The smallest absolute Gasteiger partial charge is 0.127 e. The van der Waals surface area contributed by atoms with Crippen molar-refractivity contribution in [3.63, 3.8) is 0 Å². The number of hydrogen-bond donors (Lipinski definition) is 2. The van der Waals surface area contributed by atoms with Crippen LogP contribution in [0.25, 0.3) is 0 Å². The van der Waals surface area contributed by atoms with Crippen molar-refractivity contribution in [1.29, 1.82) is 0 Å². The lowest BCUT2D eigenvalue weighted by Gasteiger charge is -2.33. The fraction of sp³-hybridized carbons (Fsp3) is 0.478. The lowest BCUT2D eigenvalue weighted by Crippen LogP contribution is -2.49. The van der Waals surface area contributed by atoms with Gasteiger partial charge >= 0.3 is 0 Å². The average molecular weight is 427 g/mol. The second kappa shape index (κ2) is 12.4. The number of hydrogen-bond acceptors (Lipinski definition) is 2. The topological polar surface area (TPSA) is 24.1 Å². The van der Waals surface area contributed by atoms with Crippen LogP contribution in [0.2, 0.25) is 0 Å². The van der Waals surface area contributed by atoms with E-state index < -0.39 is 0 Å². The summed E-state index contributed by atoms with van der Waals surface area (Å²) in [5.74, 6) is 0.452. The summed E-state index contributed by atoms with van der Waals surface area (Å²) in [6.45, 7) is 5.93. The van der Waals surface area contributed by atoms with E-state index in [9.17, 15) is 4.39 Å². The van der Waals surface area contributed by atoms with Gasteiger partial charge in [0.05, 0.1) is 0 Å². The van der Waals surface area contributed by atoms with Crippen LogP contribution in [-0.4, -0.2) is 12.1 Å². The molecule has 0 radical (unpaired) electrons. The highest BCUT2D eigenvalue weighted by Crippen LogP contribution is 2.20. The number of halogens is 3. The molecule has 1 saturated carbocycles. The van der Waals surface area contributed by atoms with Crippen molar-refractivity contribution < 1.29 is 4.39 Å². The summed E-state index contributed by atoms with van der Waals surface area (Å²) in [5, 5.41) is 7.32. The largest absolute Gasteiger partial charge is 0.308 e. The van der Waals surface area contributed by atoms with Crippen molar-refractivity contribution in [2.75, 3.05) is 0 Å². The molecular weight excluding hydrogens is 394 g/mol. The highest BCUT2D eigenvalue weighted by Gasteiger charge is 2.24. The first-order chi connectivity index (χ1) is 12.6. The summed E-state index contributed by atoms with van der Waals surface area (Å²) in [4.78, 5) is 0. The van der Waals surface area contributed by atoms with Crippen molar-refractivity contribution in [1.82, 2.24) is 10.6 Å². The highest BCUT2D eigenvalue weighted by atomic mass is 35.5. The number of nitrogens with one attached hydrogen (secondary N) is 2. The quantitative estimate of drug-likeness (QED) is 0.568. The van der Waals surface area contributed by atoms with E-state index in [-0.39, 0.29) is 30.6 Å². The van der Waals surface area contributed by atoms with Crippen molar-refractivity contribution in [3.05, 3.63) is 71.0 Å². The molecule has 5 heteroatoms. The monoisotopic (exact) mass is 426 g/mol. The molecule has 2 N–H and O–H groups in total. The molecule has 2 aromatic carbocycles. The van der Waals surface area contributed by atoms with E-state index in [1.807, 2.05) is 12.1 Å². The molecule has 2 atom stereocenters. The first-order valence-electron chi connectivity index (χ1n) is 9.92. The van der Waals surface area contributed by atoms with Gasteiger partial charge in [-0.2, -0.15) is 0 Å². The number of benzene rings is 2. The van der Waals surface area contributed by atoms with Gasteiger partial charge in [0.2, 0.25) is 0 Å². The molecule has 0 heterocycles. The molecular formula is C23H33Cl2FN2. The summed E-state index contributed by atoms with van der Waals surface area (Å²) < 4.78 is 13.8. The summed E-state index contributed by atoms with van der Waals surface area (Å²) >= 11 is 0. The summed E-state index contributed by atoms with van der Waals surface area (Å²) in [6.07, 6.45) is 4.84. The molecule has 0 amide bonds. The van der Waals surface area contributed by atoms with Gasteiger partial charge in [0, 0.05) is 30.7 Å². The maximum absolute atomic E-state index is 13.8. The van der Waals surface area contributed by atoms with Gasteiger partial charge in [0.15, 0.2) is 0 Å². The van der Waals surface area contributed by atoms with Crippen molar-refractivity contribution in [2.45, 2.75) is 70.6 Å². The normalized spacial score (nSPS) is 19.0. The molecule has 28 heavy (non-hydrogen) atoms. The summed E-state index contributed by atoms with van der Waals surface area (Å²) in [7, 11) is 0. The summed E-state index contributed by atoms with van der Waals surface area (Å²) in [5.41, 5.74) is 3.46. The van der Waals surface area contributed by atoms with Crippen LogP contribution in [0.5, 0.6) is 0 Å². The second-order valence-corrected chi connectivity index (χ2v) is 7.75. The van der Waals surface area contributed by atoms with Crippen molar-refractivity contribution in [3.8, 4) is 0 Å². The Bertz CT molecular complexity index is 691. The third-order valence-electron chi connectivity index (χ3n) is 5.49. The van der Waals surface area contributed by atoms with E-state index in [0.29, 0.717) is 24.5 Å². The lowest BCUT2D eigenvalue weighted by atomic mass is 9.90. The van der Waals surface area contributed by atoms with Crippen LogP contribution in [0.1, 0.15) is 62.1 Å². The van der Waals surface area contributed by atoms with Crippen LogP contribution in [0.4, 0.5) is 4.39 Å². The van der Waals surface area contributed by atoms with Crippen molar-refractivity contribution >= 4 is 24.8 Å². The minimum Gasteiger partial charge on any atom is -0.308 e. The second-order valence-electron chi connectivity index (χ2n) is 7.75. The predicted octanol–water partition coefficient (Wildman–Crippen LogP) is 5.98. The Hall–Kier alpha value is -1.13. The van der Waals surface area contributed by atoms with Crippen LogP contribution < -0.4 is 10.6 Å². The molecule has 2 nitrogen and oxygen atoms in total. The molecule has 3 rings (SSSR count). The summed E-state index contributed by atoms with van der Waals surface area (Å²) in [6, 6.07) is 16.8.